The van der Waals surface area contributed by atoms with E-state index in [0.717, 1.165) is 34.8 Å². The Morgan fingerprint density at radius 1 is 1.39 bits per heavy atom. The molecule has 1 fully saturated rings. The van der Waals surface area contributed by atoms with Crippen molar-refractivity contribution < 1.29 is 0 Å². The summed E-state index contributed by atoms with van der Waals surface area (Å²) in [6.07, 6.45) is 3.98. The highest BCUT2D eigenvalue weighted by molar-refractivity contribution is 6.30. The first-order chi connectivity index (χ1) is 8.50. The molecule has 0 aromatic carbocycles. The molecule has 2 rings (SSSR count). The molecule has 1 aromatic heterocycles. The van der Waals surface area contributed by atoms with Crippen LogP contribution < -0.4 is 5.32 Å². The molecule has 1 heterocycles. The standard InChI is InChI=1S/C14H24ClN3/c1-9-6-5-7-13(10(9)2)16-8-12-11(3)17-18(4)14(12)15/h9-10,13,16H,5-8H2,1-4H3. The maximum Gasteiger partial charge on any atom is 0.131 e. The second kappa shape index (κ2) is 5.62. The first-order valence-electron chi connectivity index (χ1n) is 6.92. The van der Waals surface area contributed by atoms with E-state index < -0.39 is 0 Å². The lowest BCUT2D eigenvalue weighted by atomic mass is 9.78. The molecule has 1 aliphatic rings. The zero-order chi connectivity index (χ0) is 13.3. The number of rotatable bonds is 3. The highest BCUT2D eigenvalue weighted by Crippen LogP contribution is 2.30. The largest absolute Gasteiger partial charge is 0.309 e. The Labute approximate surface area is 115 Å². The number of halogens is 1. The summed E-state index contributed by atoms with van der Waals surface area (Å²) in [6, 6.07) is 0.615. The first kappa shape index (κ1) is 13.9. The Bertz CT molecular complexity index is 413. The summed E-state index contributed by atoms with van der Waals surface area (Å²) in [7, 11) is 1.89. The van der Waals surface area contributed by atoms with Crippen LogP contribution in [0.15, 0.2) is 0 Å². The molecule has 1 N–H and O–H groups in total. The predicted molar refractivity (Wildman–Crippen MR) is 75.8 cm³/mol. The minimum absolute atomic E-state index is 0.615. The third kappa shape index (κ3) is 2.72. The van der Waals surface area contributed by atoms with E-state index in [1.807, 2.05) is 14.0 Å². The van der Waals surface area contributed by atoms with E-state index in [-0.39, 0.29) is 0 Å². The summed E-state index contributed by atoms with van der Waals surface area (Å²) in [6.45, 7) is 7.58. The van der Waals surface area contributed by atoms with Crippen LogP contribution in [0.1, 0.15) is 44.4 Å². The minimum atomic E-state index is 0.615. The fourth-order valence-corrected chi connectivity index (χ4v) is 3.22. The average molecular weight is 270 g/mol. The van der Waals surface area contributed by atoms with Crippen LogP contribution in [-0.2, 0) is 13.6 Å². The second-order valence-corrected chi connectivity index (χ2v) is 6.09. The van der Waals surface area contributed by atoms with Gasteiger partial charge in [-0.3, -0.25) is 4.68 Å². The fraction of sp³-hybridized carbons (Fsp3) is 0.786. The summed E-state index contributed by atoms with van der Waals surface area (Å²) in [4.78, 5) is 0. The Hall–Kier alpha value is -0.540. The number of aromatic nitrogens is 2. The zero-order valence-electron chi connectivity index (χ0n) is 11.8. The van der Waals surface area contributed by atoms with E-state index in [1.54, 1.807) is 4.68 Å². The van der Waals surface area contributed by atoms with Crippen molar-refractivity contribution in [2.45, 2.75) is 52.6 Å². The molecule has 0 aliphatic heterocycles. The third-order valence-corrected chi connectivity index (χ3v) is 4.99. The van der Waals surface area contributed by atoms with Gasteiger partial charge in [0.25, 0.3) is 0 Å². The summed E-state index contributed by atoms with van der Waals surface area (Å²) < 4.78 is 1.75. The molecule has 4 heteroatoms. The number of hydrogen-bond acceptors (Lipinski definition) is 2. The highest BCUT2D eigenvalue weighted by Gasteiger charge is 2.27. The van der Waals surface area contributed by atoms with Gasteiger partial charge in [-0.15, -0.1) is 0 Å². The van der Waals surface area contributed by atoms with Gasteiger partial charge in [-0.2, -0.15) is 5.10 Å². The third-order valence-electron chi connectivity index (χ3n) is 4.52. The van der Waals surface area contributed by atoms with Crippen LogP contribution in [0.3, 0.4) is 0 Å². The average Bonchev–Trinajstić information content (AvgIpc) is 2.56. The van der Waals surface area contributed by atoms with Crippen LogP contribution in [0.4, 0.5) is 0 Å². The predicted octanol–water partition coefficient (Wildman–Crippen LogP) is 3.30. The lowest BCUT2D eigenvalue weighted by molar-refractivity contribution is 0.206. The molecular weight excluding hydrogens is 246 g/mol. The number of hydrogen-bond donors (Lipinski definition) is 1. The molecule has 0 saturated heterocycles. The van der Waals surface area contributed by atoms with Crippen molar-refractivity contribution >= 4 is 11.6 Å². The van der Waals surface area contributed by atoms with E-state index in [1.165, 1.54) is 19.3 Å². The van der Waals surface area contributed by atoms with Crippen molar-refractivity contribution in [1.82, 2.24) is 15.1 Å². The lowest BCUT2D eigenvalue weighted by Crippen LogP contribution is -2.40. The Morgan fingerprint density at radius 2 is 2.11 bits per heavy atom. The monoisotopic (exact) mass is 269 g/mol. The van der Waals surface area contributed by atoms with Gasteiger partial charge in [0.15, 0.2) is 0 Å². The van der Waals surface area contributed by atoms with Crippen molar-refractivity contribution in [3.05, 3.63) is 16.4 Å². The van der Waals surface area contributed by atoms with Crippen LogP contribution in [-0.4, -0.2) is 15.8 Å². The van der Waals surface area contributed by atoms with E-state index >= 15 is 0 Å². The van der Waals surface area contributed by atoms with Gasteiger partial charge in [0.2, 0.25) is 0 Å². The molecule has 102 valence electrons. The quantitative estimate of drug-likeness (QED) is 0.913. The SMILES string of the molecule is Cc1nn(C)c(Cl)c1CNC1CCCC(C)C1C. The van der Waals surface area contributed by atoms with Crippen molar-refractivity contribution in [2.75, 3.05) is 0 Å². The minimum Gasteiger partial charge on any atom is -0.309 e. The van der Waals surface area contributed by atoms with Crippen molar-refractivity contribution in [3.63, 3.8) is 0 Å². The highest BCUT2D eigenvalue weighted by atomic mass is 35.5. The molecule has 3 nitrogen and oxygen atoms in total. The van der Waals surface area contributed by atoms with E-state index in [0.29, 0.717) is 6.04 Å². The second-order valence-electron chi connectivity index (χ2n) is 5.73. The van der Waals surface area contributed by atoms with Gasteiger partial charge in [0.05, 0.1) is 5.69 Å². The van der Waals surface area contributed by atoms with Gasteiger partial charge in [-0.1, -0.05) is 38.3 Å². The Balaban J connectivity index is 1.99. The number of aryl methyl sites for hydroxylation is 2. The molecule has 0 amide bonds. The van der Waals surface area contributed by atoms with Gasteiger partial charge >= 0.3 is 0 Å². The lowest BCUT2D eigenvalue weighted by Gasteiger charge is -2.34. The Kier molecular flexibility index (Phi) is 4.33. The summed E-state index contributed by atoms with van der Waals surface area (Å²) in [5, 5.41) is 8.79. The maximum absolute atomic E-state index is 6.26. The molecule has 18 heavy (non-hydrogen) atoms. The van der Waals surface area contributed by atoms with Crippen LogP contribution >= 0.6 is 11.6 Å². The van der Waals surface area contributed by atoms with Gasteiger partial charge in [0, 0.05) is 25.2 Å². The molecule has 3 unspecified atom stereocenters. The topological polar surface area (TPSA) is 29.9 Å². The van der Waals surface area contributed by atoms with Crippen LogP contribution in [0.25, 0.3) is 0 Å². The van der Waals surface area contributed by atoms with E-state index in [9.17, 15) is 0 Å². The molecule has 3 atom stereocenters. The number of nitrogens with one attached hydrogen (secondary N) is 1. The van der Waals surface area contributed by atoms with Crippen molar-refractivity contribution in [2.24, 2.45) is 18.9 Å². The molecule has 1 aliphatic carbocycles. The molecule has 1 saturated carbocycles. The molecule has 1 aromatic rings. The van der Waals surface area contributed by atoms with Crippen LogP contribution in [0.2, 0.25) is 5.15 Å². The van der Waals surface area contributed by atoms with Gasteiger partial charge < -0.3 is 5.32 Å². The van der Waals surface area contributed by atoms with Gasteiger partial charge in [0.1, 0.15) is 5.15 Å². The maximum atomic E-state index is 6.26. The number of nitrogens with zero attached hydrogens (tertiary/aromatic N) is 2. The Morgan fingerprint density at radius 3 is 2.72 bits per heavy atom. The molecule has 0 radical (unpaired) electrons. The molecular formula is C14H24ClN3. The van der Waals surface area contributed by atoms with E-state index in [2.05, 4.69) is 24.3 Å². The van der Waals surface area contributed by atoms with E-state index in [4.69, 9.17) is 11.6 Å². The molecule has 0 spiro atoms. The summed E-state index contributed by atoms with van der Waals surface area (Å²) in [5.74, 6) is 1.57. The normalized spacial score (nSPS) is 28.6. The van der Waals surface area contributed by atoms with Gasteiger partial charge in [-0.25, -0.2) is 0 Å². The van der Waals surface area contributed by atoms with Gasteiger partial charge in [-0.05, 0) is 25.2 Å². The fourth-order valence-electron chi connectivity index (χ4n) is 2.98. The van der Waals surface area contributed by atoms with Crippen molar-refractivity contribution in [3.8, 4) is 0 Å². The summed E-state index contributed by atoms with van der Waals surface area (Å²) in [5.41, 5.74) is 2.18. The molecule has 0 bridgehead atoms. The van der Waals surface area contributed by atoms with Crippen LogP contribution in [0, 0.1) is 18.8 Å². The van der Waals surface area contributed by atoms with Crippen LogP contribution in [0.5, 0.6) is 0 Å². The zero-order valence-corrected chi connectivity index (χ0v) is 12.6. The van der Waals surface area contributed by atoms with Crippen molar-refractivity contribution in [1.29, 1.82) is 0 Å². The summed E-state index contributed by atoms with van der Waals surface area (Å²) >= 11 is 6.26. The first-order valence-corrected chi connectivity index (χ1v) is 7.30. The smallest absolute Gasteiger partial charge is 0.131 e.